The van der Waals surface area contributed by atoms with E-state index in [0.29, 0.717) is 35.8 Å². The first-order chi connectivity index (χ1) is 25.0. The maximum Gasteiger partial charge on any atom is 0.344 e. The number of rotatable bonds is 34. The van der Waals surface area contributed by atoms with Crippen LogP contribution < -0.4 is 18.9 Å². The predicted octanol–water partition coefficient (Wildman–Crippen LogP) is 10.7. The van der Waals surface area contributed by atoms with Crippen LogP contribution in [0.15, 0.2) is 48.5 Å². The highest BCUT2D eigenvalue weighted by molar-refractivity contribution is 5.73. The van der Waals surface area contributed by atoms with Gasteiger partial charge < -0.3 is 33.9 Å². The second kappa shape index (κ2) is 29.2. The van der Waals surface area contributed by atoms with E-state index in [1.54, 1.807) is 36.4 Å². The Labute approximate surface area is 307 Å². The van der Waals surface area contributed by atoms with Gasteiger partial charge in [0.25, 0.3) is 0 Å². The van der Waals surface area contributed by atoms with Crippen LogP contribution >= 0.6 is 0 Å². The molecule has 2 unspecified atom stereocenters. The van der Waals surface area contributed by atoms with Crippen molar-refractivity contribution < 1.29 is 43.5 Å². The number of ether oxygens (including phenoxy) is 5. The molecule has 0 heterocycles. The van der Waals surface area contributed by atoms with E-state index in [4.69, 9.17) is 23.7 Å². The molecule has 2 rings (SSSR count). The molecule has 2 aromatic carbocycles. The predicted molar refractivity (Wildman–Crippen MR) is 202 cm³/mol. The highest BCUT2D eigenvalue weighted by atomic mass is 16.6. The Morgan fingerprint density at radius 2 is 0.784 bits per heavy atom. The van der Waals surface area contributed by atoms with Crippen LogP contribution in [0.4, 0.5) is 0 Å². The minimum atomic E-state index is -0.975. The van der Waals surface area contributed by atoms with Crippen LogP contribution in [0.2, 0.25) is 0 Å². The lowest BCUT2D eigenvalue weighted by atomic mass is 10.1. The minimum Gasteiger partial charge on any atom is -0.487 e. The van der Waals surface area contributed by atoms with Gasteiger partial charge in [0.15, 0.2) is 35.2 Å². The SMILES string of the molecule is CCCCCCCCCCCC(Oc1ccccc1OCCOCCOc1ccccc1OC(CCCCCCCCCCC)C(=O)O)C(=O)O. The molecule has 0 aliphatic rings. The van der Waals surface area contributed by atoms with E-state index < -0.39 is 24.1 Å². The van der Waals surface area contributed by atoms with Gasteiger partial charge in [-0.05, 0) is 49.9 Å². The monoisotopic (exact) mass is 714 g/mol. The number of benzene rings is 2. The number of hydrogen-bond acceptors (Lipinski definition) is 7. The Morgan fingerprint density at radius 3 is 1.12 bits per heavy atom. The number of aliphatic carboxylic acids is 2. The summed E-state index contributed by atoms with van der Waals surface area (Å²) in [5.74, 6) is -0.209. The molecule has 0 aliphatic heterocycles. The molecule has 0 aliphatic carbocycles. The molecule has 0 radical (unpaired) electrons. The lowest BCUT2D eigenvalue weighted by Crippen LogP contribution is -2.27. The molecule has 0 spiro atoms. The molecular weight excluding hydrogens is 648 g/mol. The van der Waals surface area contributed by atoms with Gasteiger partial charge in [-0.2, -0.15) is 0 Å². The van der Waals surface area contributed by atoms with E-state index in [2.05, 4.69) is 13.8 Å². The third-order valence-electron chi connectivity index (χ3n) is 8.90. The molecule has 9 heteroatoms. The van der Waals surface area contributed by atoms with Crippen molar-refractivity contribution in [2.75, 3.05) is 26.4 Å². The third kappa shape index (κ3) is 20.9. The molecule has 0 aromatic heterocycles. The van der Waals surface area contributed by atoms with Gasteiger partial charge in [0.05, 0.1) is 13.2 Å². The number of hydrogen-bond donors (Lipinski definition) is 2. The topological polar surface area (TPSA) is 121 Å². The third-order valence-corrected chi connectivity index (χ3v) is 8.90. The summed E-state index contributed by atoms with van der Waals surface area (Å²) in [6.45, 7) is 5.51. The first kappa shape index (κ1) is 43.7. The van der Waals surface area contributed by atoms with Gasteiger partial charge >= 0.3 is 11.9 Å². The number of carboxylic acids is 2. The summed E-state index contributed by atoms with van der Waals surface area (Å²) in [5, 5.41) is 19.5. The first-order valence-electron chi connectivity index (χ1n) is 19.8. The summed E-state index contributed by atoms with van der Waals surface area (Å²) in [5.41, 5.74) is 0. The van der Waals surface area contributed by atoms with Gasteiger partial charge in [0.1, 0.15) is 13.2 Å². The van der Waals surface area contributed by atoms with Crippen LogP contribution in [0.3, 0.4) is 0 Å². The van der Waals surface area contributed by atoms with Crippen molar-refractivity contribution in [2.24, 2.45) is 0 Å². The van der Waals surface area contributed by atoms with Gasteiger partial charge in [-0.1, -0.05) is 141 Å². The van der Waals surface area contributed by atoms with Crippen LogP contribution in [0.25, 0.3) is 0 Å². The van der Waals surface area contributed by atoms with Crippen molar-refractivity contribution in [3.8, 4) is 23.0 Å². The Morgan fingerprint density at radius 1 is 0.471 bits per heavy atom. The van der Waals surface area contributed by atoms with E-state index >= 15 is 0 Å². The lowest BCUT2D eigenvalue weighted by molar-refractivity contribution is -0.146. The summed E-state index contributed by atoms with van der Waals surface area (Å²) >= 11 is 0. The van der Waals surface area contributed by atoms with E-state index in [0.717, 1.165) is 38.5 Å². The van der Waals surface area contributed by atoms with Crippen LogP contribution in [0, 0.1) is 0 Å². The molecule has 2 N–H and O–H groups in total. The van der Waals surface area contributed by atoms with Crippen molar-refractivity contribution in [1.29, 1.82) is 0 Å². The summed E-state index contributed by atoms with van der Waals surface area (Å²) in [6, 6.07) is 14.2. The molecular formula is C42H66O9. The maximum absolute atomic E-state index is 11.9. The lowest BCUT2D eigenvalue weighted by Gasteiger charge is -2.18. The molecule has 51 heavy (non-hydrogen) atoms. The van der Waals surface area contributed by atoms with E-state index in [1.807, 2.05) is 12.1 Å². The van der Waals surface area contributed by atoms with Gasteiger partial charge in [-0.25, -0.2) is 9.59 Å². The highest BCUT2D eigenvalue weighted by Gasteiger charge is 2.22. The largest absolute Gasteiger partial charge is 0.487 e. The summed E-state index contributed by atoms with van der Waals surface area (Å²) in [7, 11) is 0. The molecule has 0 amide bonds. The Hall–Kier alpha value is -3.46. The van der Waals surface area contributed by atoms with Crippen molar-refractivity contribution in [3.63, 3.8) is 0 Å². The zero-order valence-corrected chi connectivity index (χ0v) is 31.5. The first-order valence-corrected chi connectivity index (χ1v) is 19.8. The van der Waals surface area contributed by atoms with Crippen molar-refractivity contribution in [1.82, 2.24) is 0 Å². The van der Waals surface area contributed by atoms with Crippen LogP contribution in [0.5, 0.6) is 23.0 Å². The van der Waals surface area contributed by atoms with Crippen LogP contribution in [-0.4, -0.2) is 60.8 Å². The number of unbranched alkanes of at least 4 members (excludes halogenated alkanes) is 16. The normalized spacial score (nSPS) is 12.3. The van der Waals surface area contributed by atoms with Gasteiger partial charge in [0, 0.05) is 0 Å². The molecule has 2 atom stereocenters. The second-order valence-corrected chi connectivity index (χ2v) is 13.3. The molecule has 9 nitrogen and oxygen atoms in total. The van der Waals surface area contributed by atoms with Gasteiger partial charge in [-0.15, -0.1) is 0 Å². The number of carboxylic acid groups (broad SMARTS) is 2. The molecule has 0 saturated heterocycles. The highest BCUT2D eigenvalue weighted by Crippen LogP contribution is 2.30. The average molecular weight is 715 g/mol. The summed E-state index contributed by atoms with van der Waals surface area (Å²) < 4.78 is 29.3. The molecule has 0 bridgehead atoms. The molecule has 2 aromatic rings. The Bertz CT molecular complexity index is 1080. The maximum atomic E-state index is 11.9. The Balaban J connectivity index is 1.68. The second-order valence-electron chi connectivity index (χ2n) is 13.3. The molecule has 288 valence electrons. The van der Waals surface area contributed by atoms with Crippen LogP contribution in [-0.2, 0) is 14.3 Å². The van der Waals surface area contributed by atoms with Crippen molar-refractivity contribution in [3.05, 3.63) is 48.5 Å². The zero-order valence-electron chi connectivity index (χ0n) is 31.5. The number of para-hydroxylation sites is 4. The fourth-order valence-corrected chi connectivity index (χ4v) is 5.91. The van der Waals surface area contributed by atoms with E-state index in [-0.39, 0.29) is 26.4 Å². The number of carbonyl (C=O) groups is 2. The minimum absolute atomic E-state index is 0.245. The fourth-order valence-electron chi connectivity index (χ4n) is 5.91. The van der Waals surface area contributed by atoms with Crippen molar-refractivity contribution in [2.45, 2.75) is 154 Å². The summed E-state index contributed by atoms with van der Waals surface area (Å²) in [6.07, 6.45) is 20.1. The van der Waals surface area contributed by atoms with E-state index in [9.17, 15) is 19.8 Å². The smallest absolute Gasteiger partial charge is 0.344 e. The average Bonchev–Trinajstić information content (AvgIpc) is 3.13. The summed E-state index contributed by atoms with van der Waals surface area (Å²) in [4.78, 5) is 23.8. The zero-order chi connectivity index (χ0) is 36.8. The van der Waals surface area contributed by atoms with Gasteiger partial charge in [0.2, 0.25) is 0 Å². The molecule has 0 saturated carbocycles. The fraction of sp³-hybridized carbons (Fsp3) is 0.667. The van der Waals surface area contributed by atoms with E-state index in [1.165, 1.54) is 77.0 Å². The Kier molecular flexibility index (Phi) is 25.0. The van der Waals surface area contributed by atoms with Gasteiger partial charge in [-0.3, -0.25) is 0 Å². The van der Waals surface area contributed by atoms with Crippen molar-refractivity contribution >= 4 is 11.9 Å². The standard InChI is InChI=1S/C42H66O9/c1-3-5-7-9-11-13-15-17-19-29-39(41(43)44)50-37-27-23-21-25-35(37)48-33-31-47-32-34-49-36-26-22-24-28-38(36)51-40(42(45)46)30-20-18-16-14-12-10-8-6-4-2/h21-28,39-40H,3-20,29-34H2,1-2H3,(H,43,44)(H,45,46). The van der Waals surface area contributed by atoms with Crippen LogP contribution in [0.1, 0.15) is 142 Å². The molecule has 0 fully saturated rings. The quantitative estimate of drug-likeness (QED) is 0.0682.